The fourth-order valence-electron chi connectivity index (χ4n) is 4.84. The van der Waals surface area contributed by atoms with Crippen LogP contribution in [0.2, 0.25) is 0 Å². The van der Waals surface area contributed by atoms with Gasteiger partial charge in [0.25, 0.3) is 0 Å². The van der Waals surface area contributed by atoms with Crippen LogP contribution in [0.25, 0.3) is 0 Å². The molecule has 2 fully saturated rings. The number of amides is 1. The largest absolute Gasteiger partial charge is 0.494 e. The van der Waals surface area contributed by atoms with E-state index >= 15 is 0 Å². The lowest BCUT2D eigenvalue weighted by Crippen LogP contribution is -2.52. The summed E-state index contributed by atoms with van der Waals surface area (Å²) in [5.41, 5.74) is 2.07. The number of sulfonamides is 1. The van der Waals surface area contributed by atoms with Crippen molar-refractivity contribution >= 4 is 15.9 Å². The zero-order valence-corrected chi connectivity index (χ0v) is 21.0. The van der Waals surface area contributed by atoms with E-state index in [-0.39, 0.29) is 23.3 Å². The number of carbonyl (C=O) groups excluding carboxylic acids is 1. The Morgan fingerprint density at radius 2 is 1.76 bits per heavy atom. The van der Waals surface area contributed by atoms with Gasteiger partial charge in [0, 0.05) is 45.8 Å². The highest BCUT2D eigenvalue weighted by molar-refractivity contribution is 7.89. The van der Waals surface area contributed by atoms with Crippen LogP contribution in [0.1, 0.15) is 30.9 Å². The van der Waals surface area contributed by atoms with E-state index in [1.165, 1.54) is 9.87 Å². The lowest BCUT2D eigenvalue weighted by atomic mass is 9.97. The molecule has 0 radical (unpaired) electrons. The summed E-state index contributed by atoms with van der Waals surface area (Å²) in [6.07, 6.45) is 1.43. The van der Waals surface area contributed by atoms with E-state index in [2.05, 4.69) is 17.0 Å². The second kappa shape index (κ2) is 10.9. The van der Waals surface area contributed by atoms with E-state index in [0.717, 1.165) is 31.6 Å². The molecule has 0 N–H and O–H groups in total. The van der Waals surface area contributed by atoms with Crippen LogP contribution in [0.4, 0.5) is 0 Å². The summed E-state index contributed by atoms with van der Waals surface area (Å²) in [6.45, 7) is 8.91. The van der Waals surface area contributed by atoms with Crippen LogP contribution in [0.15, 0.2) is 53.4 Å². The van der Waals surface area contributed by atoms with Gasteiger partial charge in [-0.25, -0.2) is 8.42 Å². The maximum Gasteiger partial charge on any atom is 0.243 e. The summed E-state index contributed by atoms with van der Waals surface area (Å²) in [6, 6.07) is 15.3. The Morgan fingerprint density at radius 1 is 1.03 bits per heavy atom. The Balaban J connectivity index is 1.36. The van der Waals surface area contributed by atoms with Gasteiger partial charge in [-0.2, -0.15) is 4.31 Å². The molecule has 1 amide bonds. The predicted molar refractivity (Wildman–Crippen MR) is 132 cm³/mol. The Morgan fingerprint density at radius 3 is 2.44 bits per heavy atom. The van der Waals surface area contributed by atoms with Crippen LogP contribution in [0.3, 0.4) is 0 Å². The average Bonchev–Trinajstić information content (AvgIpc) is 2.86. The number of carbonyl (C=O) groups is 1. The van der Waals surface area contributed by atoms with Crippen molar-refractivity contribution in [2.45, 2.75) is 38.1 Å². The number of ether oxygens (including phenoxy) is 1. The first kappa shape index (κ1) is 24.7. The molecule has 2 aromatic carbocycles. The number of nitrogens with zero attached hydrogens (tertiary/aromatic N) is 3. The Labute approximate surface area is 203 Å². The highest BCUT2D eigenvalue weighted by Crippen LogP contribution is 2.28. The second-order valence-corrected chi connectivity index (χ2v) is 11.1. The van der Waals surface area contributed by atoms with Gasteiger partial charge in [-0.05, 0) is 56.0 Å². The molecule has 7 nitrogen and oxygen atoms in total. The zero-order valence-electron chi connectivity index (χ0n) is 20.2. The maximum atomic E-state index is 13.3. The molecule has 4 rings (SSSR count). The summed E-state index contributed by atoms with van der Waals surface area (Å²) in [4.78, 5) is 17.8. The highest BCUT2D eigenvalue weighted by Gasteiger charge is 2.36. The third-order valence-corrected chi connectivity index (χ3v) is 8.61. The minimum Gasteiger partial charge on any atom is -0.494 e. The minimum absolute atomic E-state index is 0.0853. The fraction of sp³-hybridized carbons (Fsp3) is 0.500. The van der Waals surface area contributed by atoms with Crippen molar-refractivity contribution < 1.29 is 17.9 Å². The average molecular weight is 486 g/mol. The van der Waals surface area contributed by atoms with Gasteiger partial charge in [0.2, 0.25) is 15.9 Å². The zero-order chi connectivity index (χ0) is 24.1. The van der Waals surface area contributed by atoms with Gasteiger partial charge in [0.05, 0.1) is 17.4 Å². The molecule has 2 heterocycles. The molecule has 0 aromatic heterocycles. The number of hydrogen-bond donors (Lipinski definition) is 0. The van der Waals surface area contributed by atoms with Crippen molar-refractivity contribution in [2.24, 2.45) is 5.92 Å². The number of aryl methyl sites for hydroxylation is 1. The van der Waals surface area contributed by atoms with Gasteiger partial charge in [-0.15, -0.1) is 0 Å². The molecule has 184 valence electrons. The maximum absolute atomic E-state index is 13.3. The fourth-order valence-corrected chi connectivity index (χ4v) is 6.45. The van der Waals surface area contributed by atoms with E-state index in [1.54, 1.807) is 18.2 Å². The predicted octanol–water partition coefficient (Wildman–Crippen LogP) is 3.14. The third kappa shape index (κ3) is 5.62. The smallest absolute Gasteiger partial charge is 0.243 e. The summed E-state index contributed by atoms with van der Waals surface area (Å²) < 4.78 is 33.7. The molecule has 0 spiro atoms. The number of piperazine rings is 1. The SMILES string of the molecule is CCOc1ccc(S(=O)(=O)N2CCC[C@H](C(=O)N3CCN(Cc4ccccc4)CC3)C2)cc1C. The molecule has 2 aromatic rings. The molecule has 2 aliphatic rings. The molecule has 0 aliphatic carbocycles. The third-order valence-electron chi connectivity index (χ3n) is 6.75. The molecule has 2 aliphatic heterocycles. The summed E-state index contributed by atoms with van der Waals surface area (Å²) in [5.74, 6) is 0.495. The first-order valence-electron chi connectivity index (χ1n) is 12.2. The minimum atomic E-state index is -3.66. The van der Waals surface area contributed by atoms with Crippen molar-refractivity contribution in [3.63, 3.8) is 0 Å². The normalized spacial score (nSPS) is 20.3. The monoisotopic (exact) mass is 485 g/mol. The Bertz CT molecular complexity index is 1080. The molecule has 0 bridgehead atoms. The topological polar surface area (TPSA) is 70.2 Å². The lowest BCUT2D eigenvalue weighted by Gasteiger charge is -2.38. The van der Waals surface area contributed by atoms with Crippen molar-refractivity contribution in [2.75, 3.05) is 45.9 Å². The molecule has 1 atom stereocenters. The van der Waals surface area contributed by atoms with Crippen LogP contribution in [0, 0.1) is 12.8 Å². The lowest BCUT2D eigenvalue weighted by molar-refractivity contribution is -0.138. The Kier molecular flexibility index (Phi) is 7.91. The van der Waals surface area contributed by atoms with Crippen LogP contribution in [-0.4, -0.2) is 74.3 Å². The van der Waals surface area contributed by atoms with Gasteiger partial charge in [0.15, 0.2) is 0 Å². The van der Waals surface area contributed by atoms with Crippen molar-refractivity contribution in [1.29, 1.82) is 0 Å². The number of benzene rings is 2. The van der Waals surface area contributed by atoms with Crippen molar-refractivity contribution in [1.82, 2.24) is 14.1 Å². The van der Waals surface area contributed by atoms with Crippen LogP contribution < -0.4 is 4.74 Å². The first-order valence-corrected chi connectivity index (χ1v) is 13.6. The van der Waals surface area contributed by atoms with Crippen LogP contribution >= 0.6 is 0 Å². The van der Waals surface area contributed by atoms with Gasteiger partial charge in [-0.1, -0.05) is 30.3 Å². The summed E-state index contributed by atoms with van der Waals surface area (Å²) in [5, 5.41) is 0. The molecule has 0 unspecified atom stereocenters. The van der Waals surface area contributed by atoms with E-state index in [4.69, 9.17) is 4.74 Å². The van der Waals surface area contributed by atoms with E-state index in [1.807, 2.05) is 36.9 Å². The van der Waals surface area contributed by atoms with Gasteiger partial charge in [0.1, 0.15) is 5.75 Å². The molecular weight excluding hydrogens is 450 g/mol. The van der Waals surface area contributed by atoms with Crippen molar-refractivity contribution in [3.8, 4) is 5.75 Å². The molecule has 8 heteroatoms. The van der Waals surface area contributed by atoms with E-state index in [0.29, 0.717) is 38.4 Å². The standard InChI is InChI=1S/C26H35N3O4S/c1-3-33-25-12-11-24(18-21(25)2)34(31,32)29-13-7-10-23(20-29)26(30)28-16-14-27(15-17-28)19-22-8-5-4-6-9-22/h4-6,8-9,11-12,18,23H,3,7,10,13-17,19-20H2,1-2H3/t23-/m0/s1. The summed E-state index contributed by atoms with van der Waals surface area (Å²) in [7, 11) is -3.66. The van der Waals surface area contributed by atoms with Gasteiger partial charge >= 0.3 is 0 Å². The van der Waals surface area contributed by atoms with Gasteiger partial charge in [-0.3, -0.25) is 9.69 Å². The quantitative estimate of drug-likeness (QED) is 0.603. The molecule has 34 heavy (non-hydrogen) atoms. The van der Waals surface area contributed by atoms with E-state index in [9.17, 15) is 13.2 Å². The van der Waals surface area contributed by atoms with Gasteiger partial charge < -0.3 is 9.64 Å². The highest BCUT2D eigenvalue weighted by atomic mass is 32.2. The van der Waals surface area contributed by atoms with Crippen LogP contribution in [-0.2, 0) is 21.4 Å². The summed E-state index contributed by atoms with van der Waals surface area (Å²) >= 11 is 0. The van der Waals surface area contributed by atoms with Crippen LogP contribution in [0.5, 0.6) is 5.75 Å². The molecular formula is C26H35N3O4S. The number of hydrogen-bond acceptors (Lipinski definition) is 5. The molecule has 2 saturated heterocycles. The van der Waals surface area contributed by atoms with Crippen molar-refractivity contribution in [3.05, 3.63) is 59.7 Å². The number of piperidine rings is 1. The second-order valence-electron chi connectivity index (χ2n) is 9.15. The Hall–Kier alpha value is -2.42. The molecule has 0 saturated carbocycles. The number of rotatable bonds is 7. The first-order chi connectivity index (χ1) is 16.4. The van der Waals surface area contributed by atoms with E-state index < -0.39 is 10.0 Å².